The summed E-state index contributed by atoms with van der Waals surface area (Å²) in [7, 11) is 0. The number of hydrogen-bond acceptors (Lipinski definition) is 8. The van der Waals surface area contributed by atoms with Crippen LogP contribution in [0.15, 0.2) is 133 Å². The molecule has 6 aromatic carbocycles. The molecular weight excluding hydrogens is 935 g/mol. The average Bonchev–Trinajstić information content (AvgIpc) is 3.40. The van der Waals surface area contributed by atoms with Gasteiger partial charge < -0.3 is 18.9 Å². The Morgan fingerprint density at radius 1 is 0.338 bits per heavy atom. The number of aryl methyl sites for hydroxylation is 2. The molecule has 0 aliphatic carbocycles. The van der Waals surface area contributed by atoms with Crippen molar-refractivity contribution in [3.05, 3.63) is 178 Å². The van der Waals surface area contributed by atoms with Crippen molar-refractivity contribution in [1.82, 2.24) is 0 Å². The van der Waals surface area contributed by atoms with Gasteiger partial charge >= 0.3 is 23.9 Å². The zero-order valence-electron chi connectivity index (χ0n) is 43.3. The van der Waals surface area contributed by atoms with Crippen molar-refractivity contribution >= 4 is 23.9 Å². The molecule has 6 aromatic rings. The topological polar surface area (TPSA) is 105 Å². The van der Waals surface area contributed by atoms with Crippen LogP contribution in [0, 0.1) is 11.6 Å². The van der Waals surface area contributed by atoms with Gasteiger partial charge in [-0.3, -0.25) is 0 Å². The minimum absolute atomic E-state index is 0.0239. The van der Waals surface area contributed by atoms with Gasteiger partial charge in [-0.1, -0.05) is 166 Å². The lowest BCUT2D eigenvalue weighted by molar-refractivity contribution is 0.0720. The van der Waals surface area contributed by atoms with Crippen LogP contribution in [0.5, 0.6) is 23.0 Å². The normalized spacial score (nSPS) is 11.0. The van der Waals surface area contributed by atoms with Crippen molar-refractivity contribution < 1.29 is 46.9 Å². The smallest absolute Gasteiger partial charge is 0.343 e. The summed E-state index contributed by atoms with van der Waals surface area (Å²) < 4.78 is 53.0. The molecule has 0 saturated heterocycles. The second-order valence-corrected chi connectivity index (χ2v) is 19.2. The number of rotatable bonds is 31. The predicted molar refractivity (Wildman–Crippen MR) is 288 cm³/mol. The summed E-state index contributed by atoms with van der Waals surface area (Å²) in [6.45, 7) is 4.48. The number of halogens is 2. The summed E-state index contributed by atoms with van der Waals surface area (Å²) in [4.78, 5) is 51.8. The van der Waals surface area contributed by atoms with E-state index in [1.807, 2.05) is 24.3 Å². The maximum absolute atomic E-state index is 15.5. The van der Waals surface area contributed by atoms with Crippen molar-refractivity contribution in [2.24, 2.45) is 0 Å². The van der Waals surface area contributed by atoms with E-state index >= 15 is 8.78 Å². The zero-order chi connectivity index (χ0) is 52.3. The van der Waals surface area contributed by atoms with Gasteiger partial charge in [0.1, 0.15) is 34.6 Å². The van der Waals surface area contributed by atoms with Crippen molar-refractivity contribution in [3.8, 4) is 34.1 Å². The van der Waals surface area contributed by atoms with Gasteiger partial charge in [0.25, 0.3) is 0 Å². The highest BCUT2D eigenvalue weighted by molar-refractivity contribution is 5.94. The maximum Gasteiger partial charge on any atom is 0.343 e. The number of hydrogen-bond donors (Lipinski definition) is 0. The molecule has 0 amide bonds. The predicted octanol–water partition coefficient (Wildman–Crippen LogP) is 17.4. The molecule has 8 nitrogen and oxygen atoms in total. The summed E-state index contributed by atoms with van der Waals surface area (Å²) in [6, 6.07) is 33.8. The molecule has 0 radical (unpaired) electrons. The first-order valence-corrected chi connectivity index (χ1v) is 27.0. The highest BCUT2D eigenvalue weighted by Crippen LogP contribution is 2.33. The van der Waals surface area contributed by atoms with Gasteiger partial charge in [0, 0.05) is 12.1 Å². The Kier molecular flexibility index (Phi) is 23.6. The van der Waals surface area contributed by atoms with E-state index in [1.54, 1.807) is 24.3 Å². The molecule has 0 N–H and O–H groups in total. The molecule has 0 bridgehead atoms. The molecule has 0 aliphatic rings. The minimum Gasteiger partial charge on any atom is -0.423 e. The van der Waals surface area contributed by atoms with E-state index in [2.05, 4.69) is 13.8 Å². The Morgan fingerprint density at radius 2 is 0.649 bits per heavy atom. The lowest BCUT2D eigenvalue weighted by Crippen LogP contribution is -2.11. The Hall–Kier alpha value is -6.94. The van der Waals surface area contributed by atoms with E-state index < -0.39 is 41.1 Å². The number of ether oxygens (including phenoxy) is 4. The molecule has 0 unspecified atom stereocenters. The molecule has 0 aliphatic heterocycles. The third-order valence-electron chi connectivity index (χ3n) is 13.2. The van der Waals surface area contributed by atoms with Gasteiger partial charge in [0.05, 0.1) is 27.8 Å². The third-order valence-corrected chi connectivity index (χ3v) is 13.2. The molecule has 0 aromatic heterocycles. The summed E-state index contributed by atoms with van der Waals surface area (Å²) in [5.74, 6) is -4.63. The zero-order valence-corrected chi connectivity index (χ0v) is 43.3. The summed E-state index contributed by atoms with van der Waals surface area (Å²) >= 11 is 0. The average molecular weight is 1010 g/mol. The maximum atomic E-state index is 15.5. The molecule has 74 heavy (non-hydrogen) atoms. The van der Waals surface area contributed by atoms with Crippen LogP contribution >= 0.6 is 0 Å². The van der Waals surface area contributed by atoms with E-state index in [0.29, 0.717) is 11.1 Å². The van der Waals surface area contributed by atoms with Crippen molar-refractivity contribution in [1.29, 1.82) is 0 Å². The Bertz CT molecular complexity index is 2650. The first-order chi connectivity index (χ1) is 36.1. The molecule has 0 fully saturated rings. The second kappa shape index (κ2) is 30.9. The molecule has 6 rings (SSSR count). The quantitative estimate of drug-likeness (QED) is 0.0241. The van der Waals surface area contributed by atoms with Gasteiger partial charge in [-0.15, -0.1) is 0 Å². The fourth-order valence-electron chi connectivity index (χ4n) is 8.83. The van der Waals surface area contributed by atoms with E-state index in [-0.39, 0.29) is 39.7 Å². The standard InChI is InChI=1S/C64H72F2O8/c1-3-5-7-9-11-13-15-17-19-21-24-47-28-32-49(33-29-47)61(67)71-54-40-36-51(37-41-54)63(69)73-56-27-23-26-53(44-56)60-58(65)45-57(46-59(60)66)74-64(70)52-38-42-55(43-39-52)72-62(68)50-34-30-48(31-35-50)25-22-20-18-16-14-12-10-8-6-4-2/h23,26-46H,3-22,24-25H2,1-2H3. The van der Waals surface area contributed by atoms with Crippen LogP contribution < -0.4 is 18.9 Å². The van der Waals surface area contributed by atoms with Crippen LogP contribution in [-0.2, 0) is 12.8 Å². The number of esters is 4. The SMILES string of the molecule is CCCCCCCCCCCCc1ccc(C(=O)Oc2ccc(C(=O)Oc3cccc(-c4c(F)cc(OC(=O)c5ccc(OC(=O)c6ccc(CCCCCCCCCCCC)cc6)cc5)cc4F)c3)cc2)cc1. The molecule has 10 heteroatoms. The first-order valence-electron chi connectivity index (χ1n) is 27.0. The van der Waals surface area contributed by atoms with Crippen LogP contribution in [0.25, 0.3) is 11.1 Å². The van der Waals surface area contributed by atoms with Gasteiger partial charge in [0.15, 0.2) is 0 Å². The Morgan fingerprint density at radius 3 is 1.01 bits per heavy atom. The number of benzene rings is 6. The Labute approximate surface area is 436 Å². The molecule has 0 heterocycles. The lowest BCUT2D eigenvalue weighted by Gasteiger charge is -2.11. The lowest BCUT2D eigenvalue weighted by atomic mass is 10.0. The van der Waals surface area contributed by atoms with E-state index in [0.717, 1.165) is 37.8 Å². The number of carbonyl (C=O) groups is 4. The van der Waals surface area contributed by atoms with Crippen LogP contribution in [-0.4, -0.2) is 23.9 Å². The Balaban J connectivity index is 0.920. The van der Waals surface area contributed by atoms with E-state index in [4.69, 9.17) is 18.9 Å². The number of carbonyl (C=O) groups excluding carboxylic acids is 4. The molecule has 390 valence electrons. The van der Waals surface area contributed by atoms with Crippen molar-refractivity contribution in [3.63, 3.8) is 0 Å². The molecular formula is C64H72F2O8. The largest absolute Gasteiger partial charge is 0.423 e. The second-order valence-electron chi connectivity index (χ2n) is 19.2. The van der Waals surface area contributed by atoms with E-state index in [1.165, 1.54) is 199 Å². The monoisotopic (exact) mass is 1010 g/mol. The van der Waals surface area contributed by atoms with Gasteiger partial charge in [0.2, 0.25) is 0 Å². The first kappa shape index (κ1) is 56.4. The summed E-state index contributed by atoms with van der Waals surface area (Å²) in [5, 5.41) is 0. The van der Waals surface area contributed by atoms with E-state index in [9.17, 15) is 19.2 Å². The number of unbranched alkanes of at least 4 members (excludes halogenated alkanes) is 18. The van der Waals surface area contributed by atoms with Crippen molar-refractivity contribution in [2.75, 3.05) is 0 Å². The van der Waals surface area contributed by atoms with Crippen LogP contribution in [0.3, 0.4) is 0 Å². The highest BCUT2D eigenvalue weighted by Gasteiger charge is 2.19. The van der Waals surface area contributed by atoms with Gasteiger partial charge in [-0.05, 0) is 127 Å². The molecule has 0 spiro atoms. The van der Waals surface area contributed by atoms with Gasteiger partial charge in [-0.25, -0.2) is 28.0 Å². The molecule has 0 saturated carbocycles. The van der Waals surface area contributed by atoms with Crippen molar-refractivity contribution in [2.45, 2.75) is 155 Å². The fourth-order valence-corrected chi connectivity index (χ4v) is 8.83. The van der Waals surface area contributed by atoms with Gasteiger partial charge in [-0.2, -0.15) is 0 Å². The minimum atomic E-state index is -1.02. The third kappa shape index (κ3) is 18.8. The summed E-state index contributed by atoms with van der Waals surface area (Å²) in [5.41, 5.74) is 3.02. The fraction of sp³-hybridized carbons (Fsp3) is 0.375. The van der Waals surface area contributed by atoms with Crippen LogP contribution in [0.4, 0.5) is 8.78 Å². The highest BCUT2D eigenvalue weighted by atomic mass is 19.1. The van der Waals surface area contributed by atoms with Crippen LogP contribution in [0.1, 0.15) is 195 Å². The van der Waals surface area contributed by atoms with Crippen LogP contribution in [0.2, 0.25) is 0 Å². The molecule has 0 atom stereocenters. The summed E-state index contributed by atoms with van der Waals surface area (Å²) in [6.07, 6.45) is 27.5.